The van der Waals surface area contributed by atoms with E-state index in [-0.39, 0.29) is 17.1 Å². The zero-order valence-electron chi connectivity index (χ0n) is 8.97. The summed E-state index contributed by atoms with van der Waals surface area (Å²) >= 11 is 0. The molecule has 76 valence electrons. The van der Waals surface area contributed by atoms with Gasteiger partial charge in [-0.3, -0.25) is 0 Å². The highest BCUT2D eigenvalue weighted by molar-refractivity contribution is 5.10. The maximum Gasteiger partial charge on any atom is 0.0839 e. The minimum absolute atomic E-state index is 0.0685. The molecule has 2 rings (SSSR count). The highest BCUT2D eigenvalue weighted by Gasteiger charge is 2.57. The molecule has 1 spiro atoms. The van der Waals surface area contributed by atoms with Gasteiger partial charge in [0, 0.05) is 11.5 Å². The zero-order chi connectivity index (χ0) is 9.69. The summed E-state index contributed by atoms with van der Waals surface area (Å²) in [6.07, 6.45) is 3.65. The number of ether oxygens (including phenoxy) is 1. The number of hydrogen-bond donors (Lipinski definition) is 1. The van der Waals surface area contributed by atoms with E-state index in [2.05, 4.69) is 20.8 Å². The van der Waals surface area contributed by atoms with Crippen molar-refractivity contribution in [1.82, 2.24) is 0 Å². The van der Waals surface area contributed by atoms with E-state index in [0.717, 1.165) is 6.61 Å². The molecule has 2 fully saturated rings. The molecule has 2 atom stereocenters. The van der Waals surface area contributed by atoms with Gasteiger partial charge in [-0.2, -0.15) is 0 Å². The fourth-order valence-corrected chi connectivity index (χ4v) is 2.59. The van der Waals surface area contributed by atoms with Gasteiger partial charge in [0.25, 0.3) is 0 Å². The maximum atomic E-state index is 6.33. The lowest BCUT2D eigenvalue weighted by atomic mass is 9.64. The Bertz CT molecular complexity index is 210. The molecule has 0 aromatic rings. The first kappa shape index (κ1) is 9.47. The molecule has 2 nitrogen and oxygen atoms in total. The summed E-state index contributed by atoms with van der Waals surface area (Å²) in [5, 5.41) is 0. The predicted molar refractivity (Wildman–Crippen MR) is 53.5 cm³/mol. The third-order valence-electron chi connectivity index (χ3n) is 4.47. The van der Waals surface area contributed by atoms with Gasteiger partial charge in [-0.05, 0) is 25.2 Å². The third-order valence-corrected chi connectivity index (χ3v) is 4.47. The van der Waals surface area contributed by atoms with Crippen molar-refractivity contribution in [1.29, 1.82) is 0 Å². The van der Waals surface area contributed by atoms with Crippen LogP contribution in [0, 0.1) is 11.3 Å². The van der Waals surface area contributed by atoms with Crippen molar-refractivity contribution in [3.8, 4) is 0 Å². The van der Waals surface area contributed by atoms with Crippen molar-refractivity contribution in [2.24, 2.45) is 17.1 Å². The van der Waals surface area contributed by atoms with Crippen LogP contribution in [0.4, 0.5) is 0 Å². The summed E-state index contributed by atoms with van der Waals surface area (Å²) in [7, 11) is 0. The van der Waals surface area contributed by atoms with Crippen molar-refractivity contribution in [2.45, 2.75) is 51.7 Å². The molecular formula is C11H21NO. The summed E-state index contributed by atoms with van der Waals surface area (Å²) < 4.78 is 5.94. The van der Waals surface area contributed by atoms with E-state index < -0.39 is 0 Å². The van der Waals surface area contributed by atoms with Crippen LogP contribution in [0.1, 0.15) is 40.0 Å². The molecule has 1 aliphatic heterocycles. The normalized spacial score (nSPS) is 42.7. The van der Waals surface area contributed by atoms with Crippen LogP contribution >= 0.6 is 0 Å². The molecule has 0 aromatic heterocycles. The molecule has 1 aliphatic carbocycles. The molecule has 1 saturated carbocycles. The number of nitrogens with two attached hydrogens (primary N) is 1. The van der Waals surface area contributed by atoms with Crippen molar-refractivity contribution in [3.63, 3.8) is 0 Å². The average molecular weight is 183 g/mol. The number of hydrogen-bond acceptors (Lipinski definition) is 2. The van der Waals surface area contributed by atoms with Gasteiger partial charge in [-0.1, -0.05) is 20.8 Å². The summed E-state index contributed by atoms with van der Waals surface area (Å²) in [5.41, 5.74) is 6.59. The van der Waals surface area contributed by atoms with E-state index in [0.29, 0.717) is 5.92 Å². The quantitative estimate of drug-likeness (QED) is 0.674. The molecule has 0 bridgehead atoms. The number of rotatable bonds is 1. The van der Waals surface area contributed by atoms with E-state index in [1.54, 1.807) is 0 Å². The summed E-state index contributed by atoms with van der Waals surface area (Å²) in [6, 6.07) is 0.244. The summed E-state index contributed by atoms with van der Waals surface area (Å²) in [4.78, 5) is 0. The van der Waals surface area contributed by atoms with Gasteiger partial charge in [0.15, 0.2) is 0 Å². The third kappa shape index (κ3) is 1.08. The van der Waals surface area contributed by atoms with Crippen LogP contribution in [0.25, 0.3) is 0 Å². The standard InChI is InChI=1S/C11H21NO/c1-8(2)10(3)7-13-11(9(10)12)5-4-6-11/h8-9H,4-7,12H2,1-3H3/t9-,10?/m0/s1. The second kappa shape index (κ2) is 2.71. The Morgan fingerprint density at radius 1 is 1.38 bits per heavy atom. The van der Waals surface area contributed by atoms with Gasteiger partial charge in [0.1, 0.15) is 0 Å². The van der Waals surface area contributed by atoms with Gasteiger partial charge in [-0.25, -0.2) is 0 Å². The minimum Gasteiger partial charge on any atom is -0.373 e. The Morgan fingerprint density at radius 2 is 2.00 bits per heavy atom. The highest BCUT2D eigenvalue weighted by atomic mass is 16.5. The largest absolute Gasteiger partial charge is 0.373 e. The van der Waals surface area contributed by atoms with Crippen molar-refractivity contribution in [3.05, 3.63) is 0 Å². The van der Waals surface area contributed by atoms with Crippen LogP contribution in [-0.4, -0.2) is 18.2 Å². The molecule has 13 heavy (non-hydrogen) atoms. The van der Waals surface area contributed by atoms with Crippen LogP contribution in [0.2, 0.25) is 0 Å². The van der Waals surface area contributed by atoms with Crippen LogP contribution in [0.5, 0.6) is 0 Å². The molecule has 2 heteroatoms. The maximum absolute atomic E-state index is 6.33. The molecule has 1 saturated heterocycles. The minimum atomic E-state index is 0.0685. The molecule has 0 amide bonds. The first-order valence-electron chi connectivity index (χ1n) is 5.41. The Labute approximate surface area is 80.8 Å². The first-order valence-corrected chi connectivity index (χ1v) is 5.41. The van der Waals surface area contributed by atoms with Crippen molar-refractivity contribution >= 4 is 0 Å². The molecule has 1 heterocycles. The van der Waals surface area contributed by atoms with Gasteiger partial charge in [-0.15, -0.1) is 0 Å². The Morgan fingerprint density at radius 3 is 2.23 bits per heavy atom. The monoisotopic (exact) mass is 183 g/mol. The van der Waals surface area contributed by atoms with Gasteiger partial charge in [0.05, 0.1) is 12.2 Å². The molecule has 2 N–H and O–H groups in total. The zero-order valence-corrected chi connectivity index (χ0v) is 8.97. The van der Waals surface area contributed by atoms with E-state index in [1.807, 2.05) is 0 Å². The second-order valence-corrected chi connectivity index (χ2v) is 5.35. The summed E-state index contributed by atoms with van der Waals surface area (Å²) in [5.74, 6) is 0.613. The van der Waals surface area contributed by atoms with Crippen molar-refractivity contribution in [2.75, 3.05) is 6.61 Å². The molecular weight excluding hydrogens is 162 g/mol. The SMILES string of the molecule is CC(C)C1(C)COC2(CCC2)[C@H]1N. The molecule has 2 aliphatic rings. The topological polar surface area (TPSA) is 35.2 Å². The molecule has 0 aromatic carbocycles. The fourth-order valence-electron chi connectivity index (χ4n) is 2.59. The lowest BCUT2D eigenvalue weighted by Crippen LogP contribution is -2.56. The highest BCUT2D eigenvalue weighted by Crippen LogP contribution is 2.51. The van der Waals surface area contributed by atoms with E-state index in [9.17, 15) is 0 Å². The van der Waals surface area contributed by atoms with E-state index in [4.69, 9.17) is 10.5 Å². The van der Waals surface area contributed by atoms with Gasteiger partial charge >= 0.3 is 0 Å². The summed E-state index contributed by atoms with van der Waals surface area (Å²) in [6.45, 7) is 7.63. The smallest absolute Gasteiger partial charge is 0.0839 e. The Hall–Kier alpha value is -0.0800. The average Bonchev–Trinajstić information content (AvgIpc) is 2.26. The van der Waals surface area contributed by atoms with Crippen LogP contribution in [-0.2, 0) is 4.74 Å². The molecule has 0 radical (unpaired) electrons. The second-order valence-electron chi connectivity index (χ2n) is 5.35. The predicted octanol–water partition coefficient (Wildman–Crippen LogP) is 1.93. The van der Waals surface area contributed by atoms with Crippen LogP contribution in [0.3, 0.4) is 0 Å². The lowest BCUT2D eigenvalue weighted by Gasteiger charge is -2.44. The van der Waals surface area contributed by atoms with Crippen molar-refractivity contribution < 1.29 is 4.74 Å². The van der Waals surface area contributed by atoms with Crippen LogP contribution < -0.4 is 5.73 Å². The Balaban J connectivity index is 2.18. The van der Waals surface area contributed by atoms with E-state index in [1.165, 1.54) is 19.3 Å². The molecule has 1 unspecified atom stereocenters. The van der Waals surface area contributed by atoms with Gasteiger partial charge < -0.3 is 10.5 Å². The Kier molecular flexibility index (Phi) is 1.97. The van der Waals surface area contributed by atoms with Crippen LogP contribution in [0.15, 0.2) is 0 Å². The van der Waals surface area contributed by atoms with E-state index >= 15 is 0 Å². The fraction of sp³-hybridized carbons (Fsp3) is 1.00. The first-order chi connectivity index (χ1) is 6.01. The lowest BCUT2D eigenvalue weighted by molar-refractivity contribution is -0.0646. The van der Waals surface area contributed by atoms with Gasteiger partial charge in [0.2, 0.25) is 0 Å².